The number of benzene rings is 1. The van der Waals surface area contributed by atoms with Crippen molar-refractivity contribution in [1.82, 2.24) is 10.5 Å². The molecular weight excluding hydrogens is 402 g/mol. The van der Waals surface area contributed by atoms with Crippen LogP contribution in [0.15, 0.2) is 28.8 Å². The van der Waals surface area contributed by atoms with Crippen molar-refractivity contribution < 1.29 is 28.3 Å². The summed E-state index contributed by atoms with van der Waals surface area (Å²) in [5.74, 6) is 0.581. The number of hydrogen-bond donors (Lipinski definition) is 2. The van der Waals surface area contributed by atoms with Gasteiger partial charge in [0.2, 0.25) is 0 Å². The molecule has 31 heavy (non-hydrogen) atoms. The number of anilines is 1. The summed E-state index contributed by atoms with van der Waals surface area (Å²) in [6.45, 7) is 8.09. The highest BCUT2D eigenvalue weighted by atomic mass is 16.6. The lowest BCUT2D eigenvalue weighted by molar-refractivity contribution is 0.00862. The van der Waals surface area contributed by atoms with Gasteiger partial charge in [-0.15, -0.1) is 0 Å². The van der Waals surface area contributed by atoms with Crippen molar-refractivity contribution in [2.45, 2.75) is 58.0 Å². The molecule has 2 fully saturated rings. The highest BCUT2D eigenvalue weighted by Crippen LogP contribution is 2.29. The van der Waals surface area contributed by atoms with Crippen molar-refractivity contribution in [2.75, 3.05) is 18.5 Å². The van der Waals surface area contributed by atoms with Crippen LogP contribution in [-0.2, 0) is 14.2 Å². The number of aromatic nitrogens is 1. The van der Waals surface area contributed by atoms with E-state index in [0.717, 1.165) is 0 Å². The van der Waals surface area contributed by atoms with E-state index in [2.05, 4.69) is 29.6 Å². The van der Waals surface area contributed by atoms with Gasteiger partial charge in [0.25, 0.3) is 5.91 Å². The van der Waals surface area contributed by atoms with Crippen LogP contribution in [0.5, 0.6) is 0 Å². The molecule has 2 N–H and O–H groups in total. The lowest BCUT2D eigenvalue weighted by Crippen LogP contribution is -2.44. The summed E-state index contributed by atoms with van der Waals surface area (Å²) in [7, 11) is 0. The molecule has 4 rings (SSSR count). The largest absolute Gasteiger partial charge is 0.441 e. The lowest BCUT2D eigenvalue weighted by atomic mass is 10.0. The molecule has 0 unspecified atom stereocenters. The Morgan fingerprint density at radius 1 is 1.10 bits per heavy atom. The van der Waals surface area contributed by atoms with Crippen LogP contribution in [0.1, 0.15) is 47.1 Å². The first-order valence-corrected chi connectivity index (χ1v) is 10.4. The summed E-state index contributed by atoms with van der Waals surface area (Å²) in [5, 5.41) is 9.46. The molecule has 1 aromatic heterocycles. The van der Waals surface area contributed by atoms with Crippen molar-refractivity contribution in [2.24, 2.45) is 0 Å². The average molecular weight is 429 g/mol. The molecule has 3 heterocycles. The molecule has 2 aromatic rings. The summed E-state index contributed by atoms with van der Waals surface area (Å²) < 4.78 is 22.2. The van der Waals surface area contributed by atoms with Gasteiger partial charge in [0.05, 0.1) is 24.9 Å². The van der Waals surface area contributed by atoms with E-state index in [1.165, 1.54) is 5.56 Å². The fourth-order valence-electron chi connectivity index (χ4n) is 3.97. The van der Waals surface area contributed by atoms with E-state index in [0.29, 0.717) is 28.6 Å². The van der Waals surface area contributed by atoms with Gasteiger partial charge in [0.1, 0.15) is 23.5 Å². The molecule has 1 aromatic carbocycles. The van der Waals surface area contributed by atoms with Gasteiger partial charge in [-0.3, -0.25) is 10.1 Å². The van der Waals surface area contributed by atoms with Crippen LogP contribution >= 0.6 is 0 Å². The summed E-state index contributed by atoms with van der Waals surface area (Å²) >= 11 is 0. The van der Waals surface area contributed by atoms with E-state index in [1.807, 2.05) is 24.3 Å². The molecule has 9 heteroatoms. The minimum Gasteiger partial charge on any atom is -0.441 e. The van der Waals surface area contributed by atoms with Crippen molar-refractivity contribution >= 4 is 17.7 Å². The van der Waals surface area contributed by atoms with E-state index in [1.54, 1.807) is 13.8 Å². The highest BCUT2D eigenvalue weighted by Gasteiger charge is 2.50. The third-order valence-corrected chi connectivity index (χ3v) is 5.67. The average Bonchev–Trinajstić information content (AvgIpc) is 3.39. The molecule has 2 aliphatic heterocycles. The number of rotatable bonds is 5. The van der Waals surface area contributed by atoms with Crippen molar-refractivity contribution in [1.29, 1.82) is 0 Å². The molecule has 0 radical (unpaired) electrons. The Morgan fingerprint density at radius 3 is 2.45 bits per heavy atom. The SMILES string of the molecule is Cc1noc(C)c1C(=O)N[C@@H]1CO[C@@H]2[C@@H]1OC[C@H]2OC(=O)Nc1ccc(C(C)C)cc1. The van der Waals surface area contributed by atoms with Crippen LogP contribution in [0, 0.1) is 13.8 Å². The minimum atomic E-state index is -0.571. The minimum absolute atomic E-state index is 0.201. The summed E-state index contributed by atoms with van der Waals surface area (Å²) in [6.07, 6.45) is -1.96. The third kappa shape index (κ3) is 4.42. The van der Waals surface area contributed by atoms with Crippen molar-refractivity contribution in [3.05, 3.63) is 46.8 Å². The number of ether oxygens (including phenoxy) is 3. The van der Waals surface area contributed by atoms with E-state index < -0.39 is 24.4 Å². The highest BCUT2D eigenvalue weighted by molar-refractivity contribution is 5.96. The molecule has 0 spiro atoms. The van der Waals surface area contributed by atoms with Gasteiger partial charge >= 0.3 is 6.09 Å². The Balaban J connectivity index is 1.31. The van der Waals surface area contributed by atoms with E-state index >= 15 is 0 Å². The number of hydrogen-bond acceptors (Lipinski definition) is 7. The zero-order chi connectivity index (χ0) is 22.1. The first-order chi connectivity index (χ1) is 14.8. The van der Waals surface area contributed by atoms with Gasteiger partial charge < -0.3 is 24.1 Å². The van der Waals surface area contributed by atoms with Gasteiger partial charge in [-0.1, -0.05) is 31.1 Å². The Hall–Kier alpha value is -2.91. The second-order valence-electron chi connectivity index (χ2n) is 8.22. The van der Waals surface area contributed by atoms with E-state index in [-0.39, 0.29) is 25.2 Å². The number of fused-ring (bicyclic) bond motifs is 1. The maximum atomic E-state index is 12.6. The maximum Gasteiger partial charge on any atom is 0.412 e. The normalized spacial score (nSPS) is 24.8. The Bertz CT molecular complexity index is 935. The number of aryl methyl sites for hydroxylation is 2. The number of nitrogens with one attached hydrogen (secondary N) is 2. The van der Waals surface area contributed by atoms with Gasteiger partial charge in [-0.05, 0) is 37.5 Å². The molecule has 166 valence electrons. The zero-order valence-corrected chi connectivity index (χ0v) is 18.0. The number of amides is 2. The van der Waals surface area contributed by atoms with E-state index in [9.17, 15) is 9.59 Å². The lowest BCUT2D eigenvalue weighted by Gasteiger charge is -2.18. The first kappa shape index (κ1) is 21.3. The summed E-state index contributed by atoms with van der Waals surface area (Å²) in [6, 6.07) is 7.28. The third-order valence-electron chi connectivity index (χ3n) is 5.67. The van der Waals surface area contributed by atoms with Crippen LogP contribution in [0.4, 0.5) is 10.5 Å². The standard InChI is InChI=1S/C22H27N3O6/c1-11(2)14-5-7-15(8-6-14)23-22(27)30-17-10-29-19-16(9-28-20(17)19)24-21(26)18-12(3)25-31-13(18)4/h5-8,11,16-17,19-20H,9-10H2,1-4H3,(H,23,27)(H,24,26)/t16-,17-,19-,20+/m1/s1. The molecule has 0 bridgehead atoms. The fourth-order valence-corrected chi connectivity index (χ4v) is 3.97. The number of carbonyl (C=O) groups excluding carboxylic acids is 2. The van der Waals surface area contributed by atoms with Crippen molar-refractivity contribution in [3.63, 3.8) is 0 Å². The topological polar surface area (TPSA) is 112 Å². The number of carbonyl (C=O) groups is 2. The van der Waals surface area contributed by atoms with Gasteiger partial charge in [-0.2, -0.15) is 0 Å². The maximum absolute atomic E-state index is 12.6. The van der Waals surface area contributed by atoms with Crippen LogP contribution in [-0.4, -0.2) is 54.7 Å². The molecule has 9 nitrogen and oxygen atoms in total. The van der Waals surface area contributed by atoms with Crippen LogP contribution in [0.3, 0.4) is 0 Å². The molecule has 0 aliphatic carbocycles. The smallest absolute Gasteiger partial charge is 0.412 e. The quantitative estimate of drug-likeness (QED) is 0.751. The molecule has 2 aliphatic rings. The Kier molecular flexibility index (Phi) is 5.97. The zero-order valence-electron chi connectivity index (χ0n) is 18.0. The summed E-state index contributed by atoms with van der Waals surface area (Å²) in [4.78, 5) is 24.9. The fraction of sp³-hybridized carbons (Fsp3) is 0.500. The van der Waals surface area contributed by atoms with Crippen LogP contribution in [0.2, 0.25) is 0 Å². The Labute approximate surface area is 180 Å². The molecule has 2 amide bonds. The second kappa shape index (κ2) is 8.68. The van der Waals surface area contributed by atoms with Gasteiger partial charge in [-0.25, -0.2) is 4.79 Å². The molecule has 2 saturated heterocycles. The van der Waals surface area contributed by atoms with Gasteiger partial charge in [0, 0.05) is 5.69 Å². The summed E-state index contributed by atoms with van der Waals surface area (Å²) in [5.41, 5.74) is 2.78. The predicted octanol–water partition coefficient (Wildman–Crippen LogP) is 2.93. The van der Waals surface area contributed by atoms with Crippen LogP contribution in [0.25, 0.3) is 0 Å². The number of nitrogens with zero attached hydrogens (tertiary/aromatic N) is 1. The van der Waals surface area contributed by atoms with Gasteiger partial charge in [0.15, 0.2) is 6.10 Å². The monoisotopic (exact) mass is 429 g/mol. The van der Waals surface area contributed by atoms with Crippen LogP contribution < -0.4 is 10.6 Å². The van der Waals surface area contributed by atoms with E-state index in [4.69, 9.17) is 18.7 Å². The predicted molar refractivity (Wildman–Crippen MR) is 111 cm³/mol. The Morgan fingerprint density at radius 2 is 1.81 bits per heavy atom. The van der Waals surface area contributed by atoms with Crippen molar-refractivity contribution in [3.8, 4) is 0 Å². The molecular formula is C22H27N3O6. The molecule has 4 atom stereocenters. The molecule has 0 saturated carbocycles. The second-order valence-corrected chi connectivity index (χ2v) is 8.22. The first-order valence-electron chi connectivity index (χ1n) is 10.4.